The third-order valence-corrected chi connectivity index (χ3v) is 4.70. The molecular formula is C19H26N2O3S. The molecule has 5 nitrogen and oxygen atoms in total. The van der Waals surface area contributed by atoms with Crippen LogP contribution in [0.1, 0.15) is 32.8 Å². The Morgan fingerprint density at radius 3 is 2.52 bits per heavy atom. The van der Waals surface area contributed by atoms with Gasteiger partial charge in [-0.05, 0) is 37.3 Å². The maximum absolute atomic E-state index is 12.4. The van der Waals surface area contributed by atoms with Gasteiger partial charge in [0, 0.05) is 29.3 Å². The van der Waals surface area contributed by atoms with E-state index in [9.17, 15) is 14.7 Å². The highest BCUT2D eigenvalue weighted by atomic mass is 32.1. The van der Waals surface area contributed by atoms with Crippen LogP contribution in [0.25, 0.3) is 10.9 Å². The molecule has 0 aliphatic carbocycles. The highest BCUT2D eigenvalue weighted by molar-refractivity contribution is 7.80. The maximum Gasteiger partial charge on any atom is 0.416 e. The molecule has 0 saturated heterocycles. The van der Waals surface area contributed by atoms with E-state index in [2.05, 4.69) is 31.8 Å². The third kappa shape index (κ3) is 4.78. The zero-order valence-electron chi connectivity index (χ0n) is 14.9. The van der Waals surface area contributed by atoms with Crippen molar-refractivity contribution in [2.24, 2.45) is 11.8 Å². The van der Waals surface area contributed by atoms with Gasteiger partial charge in [0.15, 0.2) is 0 Å². The number of carboxylic acid groups (broad SMARTS) is 1. The Bertz CT molecular complexity index is 754. The van der Waals surface area contributed by atoms with Gasteiger partial charge in [-0.25, -0.2) is 4.79 Å². The molecule has 2 N–H and O–H groups in total. The number of carbonyl (C=O) groups is 2. The van der Waals surface area contributed by atoms with Crippen molar-refractivity contribution in [1.29, 1.82) is 0 Å². The second-order valence-corrected chi connectivity index (χ2v) is 7.31. The number of benzene rings is 1. The van der Waals surface area contributed by atoms with Gasteiger partial charge in [0.1, 0.15) is 0 Å². The minimum absolute atomic E-state index is 0.0122. The number of rotatable bonds is 7. The SMILES string of the molecule is CC(C)CC(CS)C(=O)N[C@H](C)Cc1cn(C(=O)O)c2ccccc12. The van der Waals surface area contributed by atoms with Crippen LogP contribution in [0.4, 0.5) is 4.79 Å². The quantitative estimate of drug-likeness (QED) is 0.656. The molecule has 0 fully saturated rings. The fourth-order valence-corrected chi connectivity index (χ4v) is 3.46. The number of thiol groups is 1. The number of hydrogen-bond donors (Lipinski definition) is 3. The molecule has 0 aliphatic heterocycles. The van der Waals surface area contributed by atoms with E-state index in [-0.39, 0.29) is 17.9 Å². The van der Waals surface area contributed by atoms with Crippen molar-refractivity contribution < 1.29 is 14.7 Å². The van der Waals surface area contributed by atoms with Crippen LogP contribution in [0, 0.1) is 11.8 Å². The third-order valence-electron chi connectivity index (χ3n) is 4.26. The van der Waals surface area contributed by atoms with Crippen molar-refractivity contribution in [3.05, 3.63) is 36.0 Å². The van der Waals surface area contributed by atoms with Gasteiger partial charge >= 0.3 is 6.09 Å². The van der Waals surface area contributed by atoms with E-state index in [1.165, 1.54) is 4.57 Å². The van der Waals surface area contributed by atoms with Crippen LogP contribution in [0.15, 0.2) is 30.5 Å². The predicted molar refractivity (Wildman–Crippen MR) is 103 cm³/mol. The van der Waals surface area contributed by atoms with E-state index < -0.39 is 6.09 Å². The number of nitrogens with one attached hydrogen (secondary N) is 1. The van der Waals surface area contributed by atoms with E-state index in [1.54, 1.807) is 12.3 Å². The maximum atomic E-state index is 12.4. The van der Waals surface area contributed by atoms with Gasteiger partial charge in [-0.3, -0.25) is 9.36 Å². The predicted octanol–water partition coefficient (Wildman–Crippen LogP) is 3.81. The lowest BCUT2D eigenvalue weighted by Gasteiger charge is -2.20. The number of para-hydroxylation sites is 1. The molecule has 1 unspecified atom stereocenters. The molecule has 0 radical (unpaired) electrons. The number of hydrogen-bond acceptors (Lipinski definition) is 3. The lowest BCUT2D eigenvalue weighted by molar-refractivity contribution is -0.125. The molecule has 1 aromatic carbocycles. The standard InChI is InChI=1S/C19H26N2O3S/c1-12(2)8-15(11-25)18(22)20-13(3)9-14-10-21(19(23)24)17-7-5-4-6-16(14)17/h4-7,10,12-13,15,25H,8-9,11H2,1-3H3,(H,20,22)(H,23,24)/t13-,15?/m1/s1. The summed E-state index contributed by atoms with van der Waals surface area (Å²) in [5.74, 6) is 0.866. The first-order chi connectivity index (χ1) is 11.8. The topological polar surface area (TPSA) is 71.3 Å². The zero-order chi connectivity index (χ0) is 18.6. The number of fused-ring (bicyclic) bond motifs is 1. The van der Waals surface area contributed by atoms with E-state index in [0.29, 0.717) is 23.6 Å². The molecule has 6 heteroatoms. The van der Waals surface area contributed by atoms with Crippen LogP contribution >= 0.6 is 12.6 Å². The van der Waals surface area contributed by atoms with Crippen LogP contribution in [0.2, 0.25) is 0 Å². The Balaban J connectivity index is 2.13. The molecule has 0 saturated carbocycles. The van der Waals surface area contributed by atoms with E-state index in [0.717, 1.165) is 17.4 Å². The van der Waals surface area contributed by atoms with Crippen molar-refractivity contribution in [2.45, 2.75) is 39.7 Å². The summed E-state index contributed by atoms with van der Waals surface area (Å²) < 4.78 is 1.23. The summed E-state index contributed by atoms with van der Waals surface area (Å²) in [6.45, 7) is 6.12. The van der Waals surface area contributed by atoms with Gasteiger partial charge in [-0.1, -0.05) is 32.0 Å². The first-order valence-corrected chi connectivity index (χ1v) is 9.20. The first kappa shape index (κ1) is 19.4. The Kier molecular flexibility index (Phi) is 6.53. The molecule has 1 amide bonds. The largest absolute Gasteiger partial charge is 0.464 e. The molecule has 0 aliphatic rings. The van der Waals surface area contributed by atoms with Crippen molar-refractivity contribution in [1.82, 2.24) is 9.88 Å². The molecule has 1 heterocycles. The average Bonchev–Trinajstić information content (AvgIpc) is 2.91. The summed E-state index contributed by atoms with van der Waals surface area (Å²) in [6.07, 6.45) is 2.01. The van der Waals surface area contributed by atoms with E-state index in [4.69, 9.17) is 0 Å². The minimum atomic E-state index is -1.01. The van der Waals surface area contributed by atoms with Crippen LogP contribution in [-0.2, 0) is 11.2 Å². The minimum Gasteiger partial charge on any atom is -0.464 e. The summed E-state index contributed by atoms with van der Waals surface area (Å²) in [6, 6.07) is 7.32. The smallest absolute Gasteiger partial charge is 0.416 e. The van der Waals surface area contributed by atoms with Gasteiger partial charge in [0.2, 0.25) is 5.91 Å². The molecule has 2 aromatic rings. The van der Waals surface area contributed by atoms with Gasteiger partial charge < -0.3 is 10.4 Å². The van der Waals surface area contributed by atoms with Crippen molar-refractivity contribution in [3.8, 4) is 0 Å². The fourth-order valence-electron chi connectivity index (χ4n) is 3.15. The van der Waals surface area contributed by atoms with Crippen LogP contribution < -0.4 is 5.32 Å². The zero-order valence-corrected chi connectivity index (χ0v) is 15.8. The fraction of sp³-hybridized carbons (Fsp3) is 0.474. The molecule has 0 spiro atoms. The second-order valence-electron chi connectivity index (χ2n) is 6.95. The van der Waals surface area contributed by atoms with E-state index >= 15 is 0 Å². The Morgan fingerprint density at radius 2 is 1.92 bits per heavy atom. The normalized spacial score (nSPS) is 13.8. The van der Waals surface area contributed by atoms with Gasteiger partial charge in [-0.2, -0.15) is 12.6 Å². The summed E-state index contributed by atoms with van der Waals surface area (Å²) in [7, 11) is 0. The van der Waals surface area contributed by atoms with Gasteiger partial charge in [-0.15, -0.1) is 0 Å². The van der Waals surface area contributed by atoms with Gasteiger partial charge in [0.25, 0.3) is 0 Å². The lowest BCUT2D eigenvalue weighted by Crippen LogP contribution is -2.39. The number of aromatic nitrogens is 1. The summed E-state index contributed by atoms with van der Waals surface area (Å²) in [5.41, 5.74) is 1.58. The number of carbonyl (C=O) groups excluding carboxylic acids is 1. The molecule has 2 rings (SSSR count). The molecule has 2 atom stereocenters. The molecule has 25 heavy (non-hydrogen) atoms. The highest BCUT2D eigenvalue weighted by Gasteiger charge is 2.21. The van der Waals surface area contributed by atoms with Gasteiger partial charge in [0.05, 0.1) is 5.52 Å². The van der Waals surface area contributed by atoms with Crippen LogP contribution in [0.3, 0.4) is 0 Å². The highest BCUT2D eigenvalue weighted by Crippen LogP contribution is 2.22. The Hall–Kier alpha value is -1.95. The van der Waals surface area contributed by atoms with Crippen LogP contribution in [0.5, 0.6) is 0 Å². The Morgan fingerprint density at radius 1 is 1.24 bits per heavy atom. The van der Waals surface area contributed by atoms with Crippen molar-refractivity contribution in [2.75, 3.05) is 5.75 Å². The molecule has 1 aromatic heterocycles. The molecule has 136 valence electrons. The number of amides is 1. The summed E-state index contributed by atoms with van der Waals surface area (Å²) in [4.78, 5) is 23.8. The second kappa shape index (κ2) is 8.43. The first-order valence-electron chi connectivity index (χ1n) is 8.57. The molecule has 0 bridgehead atoms. The van der Waals surface area contributed by atoms with E-state index in [1.807, 2.05) is 25.1 Å². The monoisotopic (exact) mass is 362 g/mol. The average molecular weight is 362 g/mol. The number of nitrogens with zero attached hydrogens (tertiary/aromatic N) is 1. The Labute approximate surface area is 153 Å². The summed E-state index contributed by atoms with van der Waals surface area (Å²) in [5, 5.41) is 13.3. The lowest BCUT2D eigenvalue weighted by atomic mass is 9.97. The molecular weight excluding hydrogens is 336 g/mol. The summed E-state index contributed by atoms with van der Waals surface area (Å²) >= 11 is 4.30. The van der Waals surface area contributed by atoms with Crippen molar-refractivity contribution in [3.63, 3.8) is 0 Å². The van der Waals surface area contributed by atoms with Crippen molar-refractivity contribution >= 4 is 35.5 Å². The van der Waals surface area contributed by atoms with Crippen LogP contribution in [-0.4, -0.2) is 33.5 Å².